The third-order valence-electron chi connectivity index (χ3n) is 2.85. The van der Waals surface area contributed by atoms with Gasteiger partial charge >= 0.3 is 0 Å². The van der Waals surface area contributed by atoms with Crippen LogP contribution in [0.1, 0.15) is 33.6 Å². The molecule has 2 unspecified atom stereocenters. The first-order valence-corrected chi connectivity index (χ1v) is 6.92. The van der Waals surface area contributed by atoms with E-state index in [1.54, 1.807) is 0 Å². The predicted molar refractivity (Wildman–Crippen MR) is 80.7 cm³/mol. The van der Waals surface area contributed by atoms with Crippen LogP contribution in [-0.4, -0.2) is 6.04 Å². The van der Waals surface area contributed by atoms with Crippen LogP contribution in [0.25, 0.3) is 0 Å². The second-order valence-corrected chi connectivity index (χ2v) is 5.70. The standard InChI is InChI=1S/C13H21IN2/c1-4-9(2)7-10(3)16-13-6-5-11(15)8-12(13)14/h5-6,8-10,16H,4,7,15H2,1-3H3. The van der Waals surface area contributed by atoms with Crippen LogP contribution in [0.2, 0.25) is 0 Å². The van der Waals surface area contributed by atoms with E-state index in [1.807, 2.05) is 12.1 Å². The van der Waals surface area contributed by atoms with Gasteiger partial charge in [0.1, 0.15) is 0 Å². The summed E-state index contributed by atoms with van der Waals surface area (Å²) >= 11 is 2.32. The summed E-state index contributed by atoms with van der Waals surface area (Å²) in [6, 6.07) is 6.51. The summed E-state index contributed by atoms with van der Waals surface area (Å²) in [6.45, 7) is 6.77. The molecule has 0 saturated carbocycles. The van der Waals surface area contributed by atoms with Crippen molar-refractivity contribution >= 4 is 34.0 Å². The molecular weight excluding hydrogens is 311 g/mol. The van der Waals surface area contributed by atoms with E-state index in [4.69, 9.17) is 5.73 Å². The molecule has 2 atom stereocenters. The van der Waals surface area contributed by atoms with E-state index in [2.05, 4.69) is 54.7 Å². The molecule has 0 bridgehead atoms. The first-order valence-electron chi connectivity index (χ1n) is 5.84. The van der Waals surface area contributed by atoms with Crippen LogP contribution in [0.3, 0.4) is 0 Å². The molecule has 0 aliphatic heterocycles. The summed E-state index contributed by atoms with van der Waals surface area (Å²) in [5, 5.41) is 3.54. The Hall–Kier alpha value is -0.450. The van der Waals surface area contributed by atoms with Gasteiger partial charge in [0.15, 0.2) is 0 Å². The van der Waals surface area contributed by atoms with Gasteiger partial charge in [-0.05, 0) is 60.1 Å². The third-order valence-corrected chi connectivity index (χ3v) is 3.74. The quantitative estimate of drug-likeness (QED) is 0.629. The lowest BCUT2D eigenvalue weighted by atomic mass is 10.0. The van der Waals surface area contributed by atoms with E-state index in [0.717, 1.165) is 11.6 Å². The van der Waals surface area contributed by atoms with Gasteiger partial charge in [-0.1, -0.05) is 20.3 Å². The molecule has 0 aromatic heterocycles. The molecule has 0 heterocycles. The van der Waals surface area contributed by atoms with Crippen LogP contribution in [0.5, 0.6) is 0 Å². The normalized spacial score (nSPS) is 14.5. The first-order chi connectivity index (χ1) is 7.52. The summed E-state index contributed by atoms with van der Waals surface area (Å²) in [7, 11) is 0. The molecule has 0 aliphatic rings. The smallest absolute Gasteiger partial charge is 0.0479 e. The van der Waals surface area contributed by atoms with Gasteiger partial charge in [-0.15, -0.1) is 0 Å². The van der Waals surface area contributed by atoms with Gasteiger partial charge in [0.25, 0.3) is 0 Å². The molecule has 2 nitrogen and oxygen atoms in total. The minimum absolute atomic E-state index is 0.507. The average molecular weight is 332 g/mol. The molecule has 0 radical (unpaired) electrons. The van der Waals surface area contributed by atoms with Crippen molar-refractivity contribution in [3.8, 4) is 0 Å². The minimum Gasteiger partial charge on any atom is -0.399 e. The fourth-order valence-electron chi connectivity index (χ4n) is 1.74. The molecule has 1 aromatic carbocycles. The Kier molecular flexibility index (Phi) is 5.38. The van der Waals surface area contributed by atoms with Crippen molar-refractivity contribution in [2.75, 3.05) is 11.1 Å². The third kappa shape index (κ3) is 4.20. The number of halogens is 1. The maximum absolute atomic E-state index is 5.73. The molecule has 0 amide bonds. The monoisotopic (exact) mass is 332 g/mol. The van der Waals surface area contributed by atoms with Crippen molar-refractivity contribution in [2.24, 2.45) is 5.92 Å². The van der Waals surface area contributed by atoms with Crippen LogP contribution in [0, 0.1) is 9.49 Å². The fraction of sp³-hybridized carbons (Fsp3) is 0.538. The lowest BCUT2D eigenvalue weighted by molar-refractivity contribution is 0.484. The molecule has 3 N–H and O–H groups in total. The Labute approximate surface area is 112 Å². The predicted octanol–water partition coefficient (Wildman–Crippen LogP) is 4.11. The van der Waals surface area contributed by atoms with E-state index in [-0.39, 0.29) is 0 Å². The zero-order valence-corrected chi connectivity index (χ0v) is 12.4. The summed E-state index contributed by atoms with van der Waals surface area (Å²) in [6.07, 6.45) is 2.45. The summed E-state index contributed by atoms with van der Waals surface area (Å²) in [4.78, 5) is 0. The molecule has 16 heavy (non-hydrogen) atoms. The maximum atomic E-state index is 5.73. The van der Waals surface area contributed by atoms with Crippen molar-refractivity contribution in [2.45, 2.75) is 39.7 Å². The highest BCUT2D eigenvalue weighted by Crippen LogP contribution is 2.22. The molecule has 0 fully saturated rings. The van der Waals surface area contributed by atoms with E-state index in [9.17, 15) is 0 Å². The number of hydrogen-bond acceptors (Lipinski definition) is 2. The largest absolute Gasteiger partial charge is 0.399 e. The van der Waals surface area contributed by atoms with Gasteiger partial charge in [0, 0.05) is 21.0 Å². The van der Waals surface area contributed by atoms with Gasteiger partial charge in [0.05, 0.1) is 0 Å². The number of nitrogens with two attached hydrogens (primary N) is 1. The second kappa shape index (κ2) is 6.33. The van der Waals surface area contributed by atoms with Crippen molar-refractivity contribution in [1.29, 1.82) is 0 Å². The summed E-state index contributed by atoms with van der Waals surface area (Å²) in [5.41, 5.74) is 7.74. The molecule has 1 aromatic rings. The Morgan fingerprint density at radius 1 is 1.38 bits per heavy atom. The van der Waals surface area contributed by atoms with Gasteiger partial charge in [-0.3, -0.25) is 0 Å². The number of nitrogen functional groups attached to an aromatic ring is 1. The van der Waals surface area contributed by atoms with Gasteiger partial charge in [-0.2, -0.15) is 0 Å². The van der Waals surface area contributed by atoms with Crippen molar-refractivity contribution in [3.05, 3.63) is 21.8 Å². The van der Waals surface area contributed by atoms with Crippen LogP contribution in [0.4, 0.5) is 11.4 Å². The lowest BCUT2D eigenvalue weighted by Crippen LogP contribution is -2.18. The molecule has 0 saturated heterocycles. The topological polar surface area (TPSA) is 38.0 Å². The number of benzene rings is 1. The Balaban J connectivity index is 2.59. The van der Waals surface area contributed by atoms with Crippen LogP contribution < -0.4 is 11.1 Å². The SMILES string of the molecule is CCC(C)CC(C)Nc1ccc(N)cc1I. The summed E-state index contributed by atoms with van der Waals surface area (Å²) < 4.78 is 1.19. The molecule has 1 rings (SSSR count). The van der Waals surface area contributed by atoms with Gasteiger partial charge in [0.2, 0.25) is 0 Å². The number of hydrogen-bond donors (Lipinski definition) is 2. The Morgan fingerprint density at radius 3 is 2.62 bits per heavy atom. The van der Waals surface area contributed by atoms with Gasteiger partial charge in [-0.25, -0.2) is 0 Å². The lowest BCUT2D eigenvalue weighted by Gasteiger charge is -2.19. The molecule has 0 spiro atoms. The van der Waals surface area contributed by atoms with Crippen molar-refractivity contribution in [3.63, 3.8) is 0 Å². The Morgan fingerprint density at radius 2 is 2.06 bits per heavy atom. The van der Waals surface area contributed by atoms with E-state index >= 15 is 0 Å². The maximum Gasteiger partial charge on any atom is 0.0479 e. The van der Waals surface area contributed by atoms with E-state index in [0.29, 0.717) is 6.04 Å². The van der Waals surface area contributed by atoms with E-state index in [1.165, 1.54) is 22.1 Å². The highest BCUT2D eigenvalue weighted by Gasteiger charge is 2.08. The highest BCUT2D eigenvalue weighted by atomic mass is 127. The van der Waals surface area contributed by atoms with E-state index < -0.39 is 0 Å². The molecule has 3 heteroatoms. The highest BCUT2D eigenvalue weighted by molar-refractivity contribution is 14.1. The zero-order valence-electron chi connectivity index (χ0n) is 10.3. The first kappa shape index (κ1) is 13.6. The molecule has 90 valence electrons. The van der Waals surface area contributed by atoms with Crippen LogP contribution in [-0.2, 0) is 0 Å². The van der Waals surface area contributed by atoms with Crippen LogP contribution in [0.15, 0.2) is 18.2 Å². The fourth-order valence-corrected chi connectivity index (χ4v) is 2.44. The minimum atomic E-state index is 0.507. The Bertz CT molecular complexity index is 339. The zero-order chi connectivity index (χ0) is 12.1. The molecular formula is C13H21IN2. The van der Waals surface area contributed by atoms with Gasteiger partial charge < -0.3 is 11.1 Å². The number of nitrogens with one attached hydrogen (secondary N) is 1. The van der Waals surface area contributed by atoms with Crippen molar-refractivity contribution in [1.82, 2.24) is 0 Å². The van der Waals surface area contributed by atoms with Crippen LogP contribution >= 0.6 is 22.6 Å². The van der Waals surface area contributed by atoms with Crippen molar-refractivity contribution < 1.29 is 0 Å². The number of rotatable bonds is 5. The molecule has 0 aliphatic carbocycles. The average Bonchev–Trinajstić information content (AvgIpc) is 2.22. The second-order valence-electron chi connectivity index (χ2n) is 4.53. The summed E-state index contributed by atoms with van der Waals surface area (Å²) in [5.74, 6) is 0.772. The number of anilines is 2.